The van der Waals surface area contributed by atoms with Crippen molar-refractivity contribution >= 4 is 29.9 Å². The van der Waals surface area contributed by atoms with Crippen LogP contribution in [0, 0.1) is 0 Å². The molecule has 0 atom stereocenters. The summed E-state index contributed by atoms with van der Waals surface area (Å²) in [5.74, 6) is 1.52. The van der Waals surface area contributed by atoms with Gasteiger partial charge in [-0.2, -0.15) is 0 Å². The highest BCUT2D eigenvalue weighted by atomic mass is 127. The number of para-hydroxylation sites is 1. The fourth-order valence-corrected chi connectivity index (χ4v) is 2.64. The Morgan fingerprint density at radius 1 is 0.967 bits per heavy atom. The van der Waals surface area contributed by atoms with Gasteiger partial charge in [0, 0.05) is 25.7 Å². The largest absolute Gasteiger partial charge is 0.573 e. The lowest BCUT2D eigenvalue weighted by Crippen LogP contribution is -2.38. The maximum atomic E-state index is 12.5. The summed E-state index contributed by atoms with van der Waals surface area (Å²) < 4.78 is 52.1. The molecule has 0 radical (unpaired) electrons. The molecule has 0 aliphatic carbocycles. The van der Waals surface area contributed by atoms with Crippen LogP contribution in [0.15, 0.2) is 47.5 Å². The molecule has 30 heavy (non-hydrogen) atoms. The average molecular weight is 539 g/mol. The molecule has 2 aromatic carbocycles. The summed E-state index contributed by atoms with van der Waals surface area (Å²) in [7, 11) is 4.74. The smallest absolute Gasteiger partial charge is 0.493 e. The maximum absolute atomic E-state index is 12.5. The number of hydrogen-bond acceptors (Lipinski definition) is 4. The Bertz CT molecular complexity index is 832. The van der Waals surface area contributed by atoms with Crippen LogP contribution in [-0.4, -0.2) is 40.1 Å². The van der Waals surface area contributed by atoms with Crippen LogP contribution in [0.2, 0.25) is 0 Å². The van der Waals surface area contributed by atoms with E-state index < -0.39 is 6.36 Å². The highest BCUT2D eigenvalue weighted by molar-refractivity contribution is 14.0. The number of nitrogens with zero attached hydrogens (tertiary/aromatic N) is 1. The van der Waals surface area contributed by atoms with Gasteiger partial charge in [0.25, 0.3) is 0 Å². The number of alkyl halides is 3. The third-order valence-corrected chi connectivity index (χ3v) is 4.02. The first kappa shape index (κ1) is 25.7. The monoisotopic (exact) mass is 539 g/mol. The van der Waals surface area contributed by atoms with E-state index in [1.807, 2.05) is 18.2 Å². The minimum atomic E-state index is -4.74. The van der Waals surface area contributed by atoms with Gasteiger partial charge in [-0.25, -0.2) is 0 Å². The topological polar surface area (TPSA) is 64.1 Å². The first-order valence-corrected chi connectivity index (χ1v) is 8.85. The zero-order valence-electron chi connectivity index (χ0n) is 16.9. The fraction of sp³-hybridized carbons (Fsp3) is 0.350. The quantitative estimate of drug-likeness (QED) is 0.300. The van der Waals surface area contributed by atoms with Crippen molar-refractivity contribution in [2.45, 2.75) is 19.3 Å². The van der Waals surface area contributed by atoms with E-state index >= 15 is 0 Å². The zero-order chi connectivity index (χ0) is 21.3. The Balaban J connectivity index is 0.00000450. The van der Waals surface area contributed by atoms with E-state index in [9.17, 15) is 13.2 Å². The number of hydrogen-bond donors (Lipinski definition) is 2. The lowest BCUT2D eigenvalue weighted by molar-refractivity contribution is -0.274. The molecule has 2 aromatic rings. The Morgan fingerprint density at radius 2 is 1.67 bits per heavy atom. The lowest BCUT2D eigenvalue weighted by Gasteiger charge is -2.16. The third kappa shape index (κ3) is 8.17. The summed E-state index contributed by atoms with van der Waals surface area (Å²) in [6, 6.07) is 11.6. The Labute approximate surface area is 190 Å². The van der Waals surface area contributed by atoms with Crippen molar-refractivity contribution < 1.29 is 27.4 Å². The second kappa shape index (κ2) is 12.4. The molecule has 0 unspecified atom stereocenters. The van der Waals surface area contributed by atoms with Gasteiger partial charge in [-0.15, -0.1) is 37.1 Å². The SMILES string of the molecule is CN=C(NCCc1ccc(OC)c(OC)c1)NCc1ccccc1OC(F)(F)F.I. The van der Waals surface area contributed by atoms with Crippen molar-refractivity contribution in [1.29, 1.82) is 0 Å². The molecule has 166 valence electrons. The van der Waals surface area contributed by atoms with Gasteiger partial charge in [0.15, 0.2) is 17.5 Å². The number of halogens is 4. The third-order valence-electron chi connectivity index (χ3n) is 4.02. The van der Waals surface area contributed by atoms with E-state index in [1.165, 1.54) is 12.1 Å². The molecule has 0 amide bonds. The number of guanidine groups is 1. The highest BCUT2D eigenvalue weighted by Crippen LogP contribution is 2.28. The molecule has 0 bridgehead atoms. The van der Waals surface area contributed by atoms with Crippen LogP contribution >= 0.6 is 24.0 Å². The van der Waals surface area contributed by atoms with Gasteiger partial charge < -0.3 is 24.8 Å². The Hall–Kier alpha value is -2.37. The standard InChI is InChI=1S/C20H24F3N3O3.HI/c1-24-19(25-11-10-14-8-9-17(27-2)18(12-14)28-3)26-13-15-6-4-5-7-16(15)29-20(21,22)23;/h4-9,12H,10-11,13H2,1-3H3,(H2,24,25,26);1H. The van der Waals surface area contributed by atoms with Crippen LogP contribution in [0.3, 0.4) is 0 Å². The van der Waals surface area contributed by atoms with Crippen LogP contribution < -0.4 is 24.8 Å². The Morgan fingerprint density at radius 3 is 2.30 bits per heavy atom. The summed E-state index contributed by atoms with van der Waals surface area (Å²) >= 11 is 0. The van der Waals surface area contributed by atoms with Gasteiger partial charge in [-0.05, 0) is 30.2 Å². The minimum Gasteiger partial charge on any atom is -0.493 e. The average Bonchev–Trinajstić information content (AvgIpc) is 2.70. The molecular weight excluding hydrogens is 514 g/mol. The highest BCUT2D eigenvalue weighted by Gasteiger charge is 2.31. The lowest BCUT2D eigenvalue weighted by atomic mass is 10.1. The van der Waals surface area contributed by atoms with E-state index in [-0.39, 0.29) is 36.3 Å². The predicted molar refractivity (Wildman–Crippen MR) is 120 cm³/mol. The molecule has 0 spiro atoms. The van der Waals surface area contributed by atoms with Crippen molar-refractivity contribution in [3.63, 3.8) is 0 Å². The number of methoxy groups -OCH3 is 2. The molecule has 0 heterocycles. The van der Waals surface area contributed by atoms with Crippen LogP contribution in [0.5, 0.6) is 17.2 Å². The second-order valence-electron chi connectivity index (χ2n) is 5.95. The molecule has 2 rings (SSSR count). The summed E-state index contributed by atoms with van der Waals surface area (Å²) in [5, 5.41) is 6.11. The summed E-state index contributed by atoms with van der Waals surface area (Å²) in [6.45, 7) is 0.693. The van der Waals surface area contributed by atoms with Gasteiger partial charge in [-0.3, -0.25) is 4.99 Å². The Kier molecular flexibility index (Phi) is 10.6. The predicted octanol–water partition coefficient (Wildman–Crippen LogP) is 4.13. The number of nitrogens with one attached hydrogen (secondary N) is 2. The van der Waals surface area contributed by atoms with E-state index in [1.54, 1.807) is 33.4 Å². The summed E-state index contributed by atoms with van der Waals surface area (Å²) in [6.07, 6.45) is -4.05. The van der Waals surface area contributed by atoms with Crippen molar-refractivity contribution in [3.05, 3.63) is 53.6 Å². The summed E-state index contributed by atoms with van der Waals surface area (Å²) in [4.78, 5) is 4.09. The van der Waals surface area contributed by atoms with Gasteiger partial charge in [0.2, 0.25) is 0 Å². The number of aliphatic imine (C=N–C) groups is 1. The van der Waals surface area contributed by atoms with E-state index in [4.69, 9.17) is 9.47 Å². The zero-order valence-corrected chi connectivity index (χ0v) is 19.2. The van der Waals surface area contributed by atoms with Gasteiger partial charge in [-0.1, -0.05) is 24.3 Å². The van der Waals surface area contributed by atoms with E-state index in [0.717, 1.165) is 5.56 Å². The molecule has 0 aromatic heterocycles. The molecule has 0 saturated heterocycles. The van der Waals surface area contributed by atoms with Crippen LogP contribution in [0.1, 0.15) is 11.1 Å². The van der Waals surface area contributed by atoms with Crippen LogP contribution in [-0.2, 0) is 13.0 Å². The second-order valence-corrected chi connectivity index (χ2v) is 5.95. The number of ether oxygens (including phenoxy) is 3. The molecular formula is C20H25F3IN3O3. The van der Waals surface area contributed by atoms with Crippen molar-refractivity contribution in [2.75, 3.05) is 27.8 Å². The van der Waals surface area contributed by atoms with Crippen LogP contribution in [0.25, 0.3) is 0 Å². The van der Waals surface area contributed by atoms with Crippen LogP contribution in [0.4, 0.5) is 13.2 Å². The van der Waals surface area contributed by atoms with Crippen molar-refractivity contribution in [3.8, 4) is 17.2 Å². The molecule has 0 fully saturated rings. The summed E-state index contributed by atoms with van der Waals surface area (Å²) in [5.41, 5.74) is 1.40. The molecule has 0 saturated carbocycles. The molecule has 6 nitrogen and oxygen atoms in total. The van der Waals surface area contributed by atoms with E-state index in [2.05, 4.69) is 20.4 Å². The fourth-order valence-electron chi connectivity index (χ4n) is 2.64. The molecule has 10 heteroatoms. The van der Waals surface area contributed by atoms with E-state index in [0.29, 0.717) is 36.0 Å². The normalized spacial score (nSPS) is 11.3. The minimum absolute atomic E-state index is 0. The van der Waals surface area contributed by atoms with Gasteiger partial charge >= 0.3 is 6.36 Å². The van der Waals surface area contributed by atoms with Crippen molar-refractivity contribution in [2.24, 2.45) is 4.99 Å². The van der Waals surface area contributed by atoms with Gasteiger partial charge in [0.05, 0.1) is 14.2 Å². The molecule has 2 N–H and O–H groups in total. The number of benzene rings is 2. The molecule has 0 aliphatic heterocycles. The first-order valence-electron chi connectivity index (χ1n) is 8.85. The van der Waals surface area contributed by atoms with Gasteiger partial charge in [0.1, 0.15) is 5.75 Å². The maximum Gasteiger partial charge on any atom is 0.573 e. The first-order chi connectivity index (χ1) is 13.9. The number of rotatable bonds is 8. The van der Waals surface area contributed by atoms with Crippen molar-refractivity contribution in [1.82, 2.24) is 10.6 Å². The molecule has 0 aliphatic rings.